The van der Waals surface area contributed by atoms with Gasteiger partial charge < -0.3 is 9.80 Å². The monoisotopic (exact) mass is 389 g/mol. The lowest BCUT2D eigenvalue weighted by Crippen LogP contribution is -2.30. The van der Waals surface area contributed by atoms with Crippen LogP contribution in [0, 0.1) is 18.8 Å². The summed E-state index contributed by atoms with van der Waals surface area (Å²) in [5.41, 5.74) is 0.176. The highest BCUT2D eigenvalue weighted by molar-refractivity contribution is 5.50. The zero-order valence-electron chi connectivity index (χ0n) is 15.1. The van der Waals surface area contributed by atoms with Gasteiger partial charge in [0.2, 0.25) is 0 Å². The molecule has 2 unspecified atom stereocenters. The van der Waals surface area contributed by atoms with Crippen molar-refractivity contribution >= 4 is 17.4 Å². The molecule has 5 heterocycles. The highest BCUT2D eigenvalue weighted by Crippen LogP contribution is 2.36. The van der Waals surface area contributed by atoms with Crippen molar-refractivity contribution in [2.75, 3.05) is 36.0 Å². The molecular weight excluding hydrogens is 371 g/mol. The second kappa shape index (κ2) is 6.05. The molecule has 3 aromatic rings. The Labute approximate surface area is 158 Å². The van der Waals surface area contributed by atoms with Crippen LogP contribution in [0.1, 0.15) is 11.3 Å². The largest absolute Gasteiger partial charge is 0.417 e. The molecule has 2 fully saturated rings. The number of aryl methyl sites for hydroxylation is 1. The molecule has 0 saturated carbocycles. The van der Waals surface area contributed by atoms with Crippen molar-refractivity contribution in [3.63, 3.8) is 0 Å². The van der Waals surface area contributed by atoms with Gasteiger partial charge in [-0.05, 0) is 19.1 Å². The van der Waals surface area contributed by atoms with Crippen molar-refractivity contribution in [3.05, 3.63) is 42.0 Å². The quantitative estimate of drug-likeness (QED) is 0.671. The lowest BCUT2D eigenvalue weighted by Gasteiger charge is -2.24. The molecule has 28 heavy (non-hydrogen) atoms. The maximum atomic E-state index is 12.7. The van der Waals surface area contributed by atoms with Gasteiger partial charge in [-0.2, -0.15) is 27.8 Å². The molecule has 0 bridgehead atoms. The SMILES string of the molecule is Cc1cc(N2CC3CN(c4ccc(C(F)(F)F)cn4)CC3C2)n2ncnc2n1. The minimum Gasteiger partial charge on any atom is -0.356 e. The molecule has 146 valence electrons. The van der Waals surface area contributed by atoms with E-state index < -0.39 is 11.7 Å². The maximum absolute atomic E-state index is 12.7. The molecule has 0 aromatic carbocycles. The minimum absolute atomic E-state index is 0.427. The molecule has 7 nitrogen and oxygen atoms in total. The molecule has 3 aromatic heterocycles. The fraction of sp³-hybridized carbons (Fsp3) is 0.444. The number of aromatic nitrogens is 5. The van der Waals surface area contributed by atoms with E-state index in [1.807, 2.05) is 13.0 Å². The standard InChI is InChI=1S/C18H18F3N7/c1-11-4-16(28-17(25-11)23-10-24-28)27-8-12-6-26(7-13(12)9-27)15-3-2-14(5-22-15)18(19,20)21/h2-5,10,12-13H,6-9H2,1H3. The van der Waals surface area contributed by atoms with Crippen LogP contribution in [0.3, 0.4) is 0 Å². The second-order valence-corrected chi connectivity index (χ2v) is 7.46. The number of anilines is 2. The van der Waals surface area contributed by atoms with E-state index in [1.54, 1.807) is 4.52 Å². The van der Waals surface area contributed by atoms with Crippen LogP contribution in [-0.2, 0) is 6.18 Å². The Balaban J connectivity index is 1.32. The summed E-state index contributed by atoms with van der Waals surface area (Å²) in [5.74, 6) is 3.02. The average Bonchev–Trinajstić information content (AvgIpc) is 3.34. The molecule has 2 aliphatic rings. The first kappa shape index (κ1) is 17.2. The summed E-state index contributed by atoms with van der Waals surface area (Å²) in [4.78, 5) is 17.0. The first-order valence-electron chi connectivity index (χ1n) is 9.09. The van der Waals surface area contributed by atoms with Gasteiger partial charge in [0.25, 0.3) is 5.78 Å². The van der Waals surface area contributed by atoms with E-state index in [9.17, 15) is 13.2 Å². The summed E-state index contributed by atoms with van der Waals surface area (Å²) in [5, 5.41) is 4.28. The topological polar surface area (TPSA) is 62.5 Å². The molecule has 2 saturated heterocycles. The molecule has 0 aliphatic carbocycles. The minimum atomic E-state index is -4.36. The number of pyridine rings is 1. The van der Waals surface area contributed by atoms with Gasteiger partial charge in [-0.25, -0.2) is 9.97 Å². The Hall–Kier alpha value is -2.91. The van der Waals surface area contributed by atoms with Crippen molar-refractivity contribution in [1.82, 2.24) is 24.6 Å². The fourth-order valence-corrected chi connectivity index (χ4v) is 4.24. The van der Waals surface area contributed by atoms with Gasteiger partial charge in [-0.1, -0.05) is 0 Å². The summed E-state index contributed by atoms with van der Waals surface area (Å²) in [7, 11) is 0. The molecule has 0 spiro atoms. The van der Waals surface area contributed by atoms with Gasteiger partial charge in [-0.3, -0.25) is 0 Å². The van der Waals surface area contributed by atoms with Gasteiger partial charge in [0, 0.05) is 56.0 Å². The van der Waals surface area contributed by atoms with Gasteiger partial charge in [0.1, 0.15) is 18.0 Å². The van der Waals surface area contributed by atoms with Crippen LogP contribution in [-0.4, -0.2) is 50.7 Å². The highest BCUT2D eigenvalue weighted by Gasteiger charge is 2.41. The summed E-state index contributed by atoms with van der Waals surface area (Å²) < 4.78 is 39.9. The number of rotatable bonds is 2. The summed E-state index contributed by atoms with van der Waals surface area (Å²) in [6.45, 7) is 5.22. The van der Waals surface area contributed by atoms with Crippen LogP contribution >= 0.6 is 0 Å². The first-order valence-corrected chi connectivity index (χ1v) is 9.09. The lowest BCUT2D eigenvalue weighted by atomic mass is 10.0. The van der Waals surface area contributed by atoms with Gasteiger partial charge in [0.15, 0.2) is 0 Å². The molecule has 5 rings (SSSR count). The average molecular weight is 389 g/mol. The van der Waals surface area contributed by atoms with Crippen LogP contribution < -0.4 is 9.80 Å². The Bertz CT molecular complexity index is 1000. The van der Waals surface area contributed by atoms with Crippen molar-refractivity contribution in [2.45, 2.75) is 13.1 Å². The zero-order chi connectivity index (χ0) is 19.5. The summed E-state index contributed by atoms with van der Waals surface area (Å²) in [6, 6.07) is 4.58. The van der Waals surface area contributed by atoms with E-state index in [-0.39, 0.29) is 0 Å². The fourth-order valence-electron chi connectivity index (χ4n) is 4.24. The molecular formula is C18H18F3N7. The van der Waals surface area contributed by atoms with E-state index in [0.717, 1.165) is 50.0 Å². The van der Waals surface area contributed by atoms with Crippen molar-refractivity contribution in [1.29, 1.82) is 0 Å². The van der Waals surface area contributed by atoms with Crippen molar-refractivity contribution in [2.24, 2.45) is 11.8 Å². The predicted octanol–water partition coefficient (Wildman–Crippen LogP) is 2.42. The van der Waals surface area contributed by atoms with E-state index >= 15 is 0 Å². The number of fused-ring (bicyclic) bond motifs is 2. The lowest BCUT2D eigenvalue weighted by molar-refractivity contribution is -0.137. The van der Waals surface area contributed by atoms with E-state index in [4.69, 9.17) is 0 Å². The third-order valence-corrected chi connectivity index (χ3v) is 5.57. The zero-order valence-corrected chi connectivity index (χ0v) is 15.1. The first-order chi connectivity index (χ1) is 13.4. The Morgan fingerprint density at radius 2 is 1.71 bits per heavy atom. The number of hydrogen-bond acceptors (Lipinski definition) is 6. The number of hydrogen-bond donors (Lipinski definition) is 0. The van der Waals surface area contributed by atoms with Crippen LogP contribution in [0.5, 0.6) is 0 Å². The summed E-state index contributed by atoms with van der Waals surface area (Å²) in [6.07, 6.45) is -1.94. The smallest absolute Gasteiger partial charge is 0.356 e. The number of nitrogens with zero attached hydrogens (tertiary/aromatic N) is 7. The molecule has 2 atom stereocenters. The summed E-state index contributed by atoms with van der Waals surface area (Å²) >= 11 is 0. The molecule has 2 aliphatic heterocycles. The molecule has 0 radical (unpaired) electrons. The Morgan fingerprint density at radius 3 is 2.36 bits per heavy atom. The van der Waals surface area contributed by atoms with Crippen LogP contribution in [0.2, 0.25) is 0 Å². The number of alkyl halides is 3. The Kier molecular flexibility index (Phi) is 3.72. The van der Waals surface area contributed by atoms with Crippen LogP contribution in [0.25, 0.3) is 5.78 Å². The van der Waals surface area contributed by atoms with E-state index in [1.165, 1.54) is 12.4 Å². The van der Waals surface area contributed by atoms with Crippen LogP contribution in [0.15, 0.2) is 30.7 Å². The Morgan fingerprint density at radius 1 is 1.00 bits per heavy atom. The van der Waals surface area contributed by atoms with Gasteiger partial charge in [0.05, 0.1) is 5.56 Å². The van der Waals surface area contributed by atoms with Crippen molar-refractivity contribution in [3.8, 4) is 0 Å². The normalized spacial score (nSPS) is 22.3. The molecule has 10 heteroatoms. The third kappa shape index (κ3) is 2.83. The van der Waals surface area contributed by atoms with E-state index in [0.29, 0.717) is 23.4 Å². The van der Waals surface area contributed by atoms with Gasteiger partial charge >= 0.3 is 6.18 Å². The predicted molar refractivity (Wildman–Crippen MR) is 96.2 cm³/mol. The van der Waals surface area contributed by atoms with Gasteiger partial charge in [-0.15, -0.1) is 0 Å². The molecule has 0 N–H and O–H groups in total. The number of halogens is 3. The van der Waals surface area contributed by atoms with E-state index in [2.05, 4.69) is 29.9 Å². The maximum Gasteiger partial charge on any atom is 0.417 e. The molecule has 0 amide bonds. The second-order valence-electron chi connectivity index (χ2n) is 7.46. The van der Waals surface area contributed by atoms with Crippen molar-refractivity contribution < 1.29 is 13.2 Å². The third-order valence-electron chi connectivity index (χ3n) is 5.57. The highest BCUT2D eigenvalue weighted by atomic mass is 19.4. The van der Waals surface area contributed by atoms with Crippen LogP contribution in [0.4, 0.5) is 24.8 Å².